The van der Waals surface area contributed by atoms with Crippen LogP contribution in [0.15, 0.2) is 6.20 Å². The molecule has 0 fully saturated rings. The summed E-state index contributed by atoms with van der Waals surface area (Å²) >= 11 is 0. The number of hydrogen-bond acceptors (Lipinski definition) is 3. The number of anilines is 1. The predicted octanol–water partition coefficient (Wildman–Crippen LogP) is 1.94. The largest absolute Gasteiger partial charge is 0.378 e. The van der Waals surface area contributed by atoms with Crippen molar-refractivity contribution >= 4 is 5.69 Å². The molecule has 0 saturated carbocycles. The lowest BCUT2D eigenvalue weighted by atomic mass is 10.2. The lowest BCUT2D eigenvalue weighted by Gasteiger charge is -2.06. The van der Waals surface area contributed by atoms with Gasteiger partial charge >= 0.3 is 0 Å². The summed E-state index contributed by atoms with van der Waals surface area (Å²) in [4.78, 5) is 0. The molecule has 0 aromatic carbocycles. The Balaban J connectivity index is 2.16. The number of hydrogen-bond donors (Lipinski definition) is 1. The van der Waals surface area contributed by atoms with E-state index in [4.69, 9.17) is 0 Å². The molecule has 2 aromatic rings. The molecule has 0 bridgehead atoms. The highest BCUT2D eigenvalue weighted by atomic mass is 15.3. The minimum atomic E-state index is 0.796. The lowest BCUT2D eigenvalue weighted by Crippen LogP contribution is -2.03. The molecule has 0 saturated heterocycles. The van der Waals surface area contributed by atoms with Gasteiger partial charge in [-0.05, 0) is 20.3 Å². The first-order valence-corrected chi connectivity index (χ1v) is 6.28. The second-order valence-corrected chi connectivity index (χ2v) is 4.64. The average molecular weight is 247 g/mol. The van der Waals surface area contributed by atoms with Gasteiger partial charge in [0.2, 0.25) is 0 Å². The maximum atomic E-state index is 4.43. The van der Waals surface area contributed by atoms with E-state index < -0.39 is 0 Å². The molecule has 0 aliphatic carbocycles. The maximum Gasteiger partial charge on any atom is 0.0853 e. The molecule has 0 amide bonds. The Kier molecular flexibility index (Phi) is 3.41. The van der Waals surface area contributed by atoms with Crippen molar-refractivity contribution in [2.75, 3.05) is 5.32 Å². The molecule has 5 nitrogen and oxygen atoms in total. The maximum absolute atomic E-state index is 4.43. The van der Waals surface area contributed by atoms with Crippen LogP contribution in [0, 0.1) is 13.8 Å². The van der Waals surface area contributed by atoms with E-state index in [2.05, 4.69) is 29.4 Å². The number of aryl methyl sites for hydroxylation is 4. The number of nitrogens with zero attached hydrogens (tertiary/aromatic N) is 4. The fourth-order valence-corrected chi connectivity index (χ4v) is 2.20. The zero-order chi connectivity index (χ0) is 13.3. The van der Waals surface area contributed by atoms with Crippen LogP contribution in [0.2, 0.25) is 0 Å². The van der Waals surface area contributed by atoms with Crippen molar-refractivity contribution < 1.29 is 0 Å². The molecule has 2 rings (SSSR count). The lowest BCUT2D eigenvalue weighted by molar-refractivity contribution is 0.730. The third-order valence-electron chi connectivity index (χ3n) is 3.35. The van der Waals surface area contributed by atoms with Crippen molar-refractivity contribution in [1.82, 2.24) is 19.6 Å². The first kappa shape index (κ1) is 12.7. The van der Waals surface area contributed by atoms with Gasteiger partial charge in [0.25, 0.3) is 0 Å². The van der Waals surface area contributed by atoms with Gasteiger partial charge in [0.15, 0.2) is 0 Å². The van der Waals surface area contributed by atoms with E-state index in [0.29, 0.717) is 0 Å². The van der Waals surface area contributed by atoms with E-state index >= 15 is 0 Å². The zero-order valence-electron chi connectivity index (χ0n) is 11.8. The number of rotatable bonds is 4. The van der Waals surface area contributed by atoms with Gasteiger partial charge in [0.05, 0.1) is 17.1 Å². The Labute approximate surface area is 108 Å². The van der Waals surface area contributed by atoms with Crippen LogP contribution in [0.5, 0.6) is 0 Å². The van der Waals surface area contributed by atoms with Crippen LogP contribution >= 0.6 is 0 Å². The van der Waals surface area contributed by atoms with Gasteiger partial charge in [-0.15, -0.1) is 0 Å². The molecule has 2 aromatic heterocycles. The first-order valence-electron chi connectivity index (χ1n) is 6.28. The molecular formula is C13H21N5. The summed E-state index contributed by atoms with van der Waals surface area (Å²) in [5.74, 6) is 0. The van der Waals surface area contributed by atoms with Gasteiger partial charge in [-0.3, -0.25) is 9.36 Å². The van der Waals surface area contributed by atoms with Crippen LogP contribution in [0.25, 0.3) is 0 Å². The monoisotopic (exact) mass is 247 g/mol. The van der Waals surface area contributed by atoms with Crippen molar-refractivity contribution in [3.8, 4) is 0 Å². The molecule has 0 aliphatic rings. The minimum absolute atomic E-state index is 0.796. The van der Waals surface area contributed by atoms with Crippen LogP contribution < -0.4 is 5.32 Å². The molecule has 0 atom stereocenters. The van der Waals surface area contributed by atoms with E-state index in [1.165, 1.54) is 11.3 Å². The first-order chi connectivity index (χ1) is 8.52. The van der Waals surface area contributed by atoms with Gasteiger partial charge in [-0.25, -0.2) is 0 Å². The topological polar surface area (TPSA) is 47.7 Å². The van der Waals surface area contributed by atoms with Gasteiger partial charge in [0, 0.05) is 38.1 Å². The van der Waals surface area contributed by atoms with Gasteiger partial charge in [-0.2, -0.15) is 10.2 Å². The molecule has 1 N–H and O–H groups in total. The Hall–Kier alpha value is -1.78. The fraction of sp³-hybridized carbons (Fsp3) is 0.538. The summed E-state index contributed by atoms with van der Waals surface area (Å²) in [7, 11) is 3.93. The van der Waals surface area contributed by atoms with Crippen LogP contribution in [-0.2, 0) is 27.1 Å². The fourth-order valence-electron chi connectivity index (χ4n) is 2.20. The van der Waals surface area contributed by atoms with Crippen molar-refractivity contribution in [3.63, 3.8) is 0 Å². The summed E-state index contributed by atoms with van der Waals surface area (Å²) in [5, 5.41) is 12.3. The standard InChI is InChI=1S/C13H21N5/c1-6-12-13(8-17(4)16-12)14-7-11-9(2)15-18(5)10(11)3/h8,14H,6-7H2,1-5H3. The average Bonchev–Trinajstić information content (AvgIpc) is 2.79. The molecule has 0 spiro atoms. The van der Waals surface area contributed by atoms with E-state index in [1.807, 2.05) is 36.6 Å². The normalized spacial score (nSPS) is 10.9. The highest BCUT2D eigenvalue weighted by Crippen LogP contribution is 2.17. The molecular weight excluding hydrogens is 226 g/mol. The second kappa shape index (κ2) is 4.84. The van der Waals surface area contributed by atoms with Gasteiger partial charge in [0.1, 0.15) is 0 Å². The summed E-state index contributed by atoms with van der Waals surface area (Å²) in [5.41, 5.74) is 5.79. The van der Waals surface area contributed by atoms with Crippen LogP contribution in [0.4, 0.5) is 5.69 Å². The number of nitrogens with one attached hydrogen (secondary N) is 1. The Morgan fingerprint density at radius 2 is 1.94 bits per heavy atom. The highest BCUT2D eigenvalue weighted by Gasteiger charge is 2.11. The summed E-state index contributed by atoms with van der Waals surface area (Å²) in [6, 6.07) is 0. The van der Waals surface area contributed by atoms with Crippen molar-refractivity contribution in [3.05, 3.63) is 28.8 Å². The van der Waals surface area contributed by atoms with Crippen molar-refractivity contribution in [2.24, 2.45) is 14.1 Å². The van der Waals surface area contributed by atoms with E-state index in [0.717, 1.165) is 30.0 Å². The molecule has 98 valence electrons. The quantitative estimate of drug-likeness (QED) is 0.898. The highest BCUT2D eigenvalue weighted by molar-refractivity contribution is 5.47. The predicted molar refractivity (Wildman–Crippen MR) is 72.6 cm³/mol. The Bertz CT molecular complexity index is 550. The molecule has 0 radical (unpaired) electrons. The van der Waals surface area contributed by atoms with E-state index in [1.54, 1.807) is 0 Å². The third kappa shape index (κ3) is 2.25. The summed E-state index contributed by atoms with van der Waals surface area (Å²) < 4.78 is 3.78. The smallest absolute Gasteiger partial charge is 0.0853 e. The van der Waals surface area contributed by atoms with E-state index in [-0.39, 0.29) is 0 Å². The summed E-state index contributed by atoms with van der Waals surface area (Å²) in [6.45, 7) is 7.06. The Morgan fingerprint density at radius 1 is 1.22 bits per heavy atom. The third-order valence-corrected chi connectivity index (χ3v) is 3.35. The van der Waals surface area contributed by atoms with Crippen LogP contribution in [0.3, 0.4) is 0 Å². The van der Waals surface area contributed by atoms with Gasteiger partial charge < -0.3 is 5.32 Å². The number of aromatic nitrogens is 4. The molecule has 0 unspecified atom stereocenters. The minimum Gasteiger partial charge on any atom is -0.378 e. The molecule has 0 aliphatic heterocycles. The van der Waals surface area contributed by atoms with E-state index in [9.17, 15) is 0 Å². The van der Waals surface area contributed by atoms with Crippen molar-refractivity contribution in [1.29, 1.82) is 0 Å². The van der Waals surface area contributed by atoms with Gasteiger partial charge in [-0.1, -0.05) is 6.92 Å². The second-order valence-electron chi connectivity index (χ2n) is 4.64. The van der Waals surface area contributed by atoms with Crippen LogP contribution in [-0.4, -0.2) is 19.6 Å². The SMILES string of the molecule is CCc1nn(C)cc1NCc1c(C)nn(C)c1C. The Morgan fingerprint density at radius 3 is 2.50 bits per heavy atom. The molecule has 18 heavy (non-hydrogen) atoms. The summed E-state index contributed by atoms with van der Waals surface area (Å²) in [6.07, 6.45) is 2.97. The molecule has 5 heteroatoms. The van der Waals surface area contributed by atoms with Crippen LogP contribution in [0.1, 0.15) is 29.6 Å². The molecule has 2 heterocycles. The van der Waals surface area contributed by atoms with Crippen molar-refractivity contribution in [2.45, 2.75) is 33.7 Å². The zero-order valence-corrected chi connectivity index (χ0v) is 11.8.